The monoisotopic (exact) mass is 306 g/mol. The quantitative estimate of drug-likeness (QED) is 0.640. The highest BCUT2D eigenvalue weighted by molar-refractivity contribution is 6.01. The molecule has 2 nitrogen and oxygen atoms in total. The molecule has 0 saturated heterocycles. The lowest BCUT2D eigenvalue weighted by atomic mass is 9.49. The zero-order valence-corrected chi connectivity index (χ0v) is 13.6. The van der Waals surface area contributed by atoms with Crippen molar-refractivity contribution >= 4 is 5.78 Å². The third-order valence-corrected chi connectivity index (χ3v) is 5.37. The molecule has 2 aromatic rings. The highest BCUT2D eigenvalue weighted by atomic mass is 16.3. The van der Waals surface area contributed by atoms with E-state index in [0.29, 0.717) is 5.56 Å². The molecule has 2 aromatic carbocycles. The average molecular weight is 306 g/mol. The first-order chi connectivity index (χ1) is 10.9. The second-order valence-electron chi connectivity index (χ2n) is 6.78. The highest BCUT2D eigenvalue weighted by Gasteiger charge is 2.54. The van der Waals surface area contributed by atoms with E-state index in [4.69, 9.17) is 0 Å². The second kappa shape index (κ2) is 5.69. The van der Waals surface area contributed by atoms with Crippen molar-refractivity contribution in [1.29, 1.82) is 0 Å². The number of ketones is 1. The van der Waals surface area contributed by atoms with Crippen LogP contribution in [-0.2, 0) is 0 Å². The summed E-state index contributed by atoms with van der Waals surface area (Å²) in [5.74, 6) is 0.0737. The van der Waals surface area contributed by atoms with Crippen LogP contribution in [0.15, 0.2) is 66.7 Å². The van der Waals surface area contributed by atoms with Gasteiger partial charge in [0.05, 0.1) is 5.56 Å². The van der Waals surface area contributed by atoms with Gasteiger partial charge in [0.25, 0.3) is 0 Å². The summed E-state index contributed by atoms with van der Waals surface area (Å²) >= 11 is 0. The molecule has 2 heteroatoms. The zero-order valence-electron chi connectivity index (χ0n) is 13.6. The van der Waals surface area contributed by atoms with E-state index < -0.39 is 0 Å². The first kappa shape index (κ1) is 15.5. The molecule has 1 aliphatic rings. The van der Waals surface area contributed by atoms with E-state index in [2.05, 4.69) is 25.6 Å². The van der Waals surface area contributed by atoms with Gasteiger partial charge in [0, 0.05) is 11.8 Å². The van der Waals surface area contributed by atoms with Gasteiger partial charge in [-0.15, -0.1) is 0 Å². The number of Topliss-reactive ketones (excluding diaryl/α,β-unsaturated/α-hetero) is 1. The highest BCUT2D eigenvalue weighted by Crippen LogP contribution is 2.61. The molecule has 0 spiro atoms. The molecule has 0 amide bonds. The molecule has 0 bridgehead atoms. The van der Waals surface area contributed by atoms with Gasteiger partial charge >= 0.3 is 0 Å². The summed E-state index contributed by atoms with van der Waals surface area (Å²) in [4.78, 5) is 13.0. The van der Waals surface area contributed by atoms with Crippen molar-refractivity contribution in [3.8, 4) is 5.75 Å². The molecule has 1 aliphatic carbocycles. The second-order valence-corrected chi connectivity index (χ2v) is 6.78. The van der Waals surface area contributed by atoms with Gasteiger partial charge in [-0.1, -0.05) is 61.5 Å². The van der Waals surface area contributed by atoms with Crippen LogP contribution in [0.5, 0.6) is 5.75 Å². The third-order valence-electron chi connectivity index (χ3n) is 5.37. The summed E-state index contributed by atoms with van der Waals surface area (Å²) < 4.78 is 0. The molecule has 1 unspecified atom stereocenters. The van der Waals surface area contributed by atoms with E-state index in [1.807, 2.05) is 25.1 Å². The normalized spacial score (nSPS) is 26.3. The summed E-state index contributed by atoms with van der Waals surface area (Å²) in [5.41, 5.74) is 2.61. The SMILES string of the molecule is C=C(C)[C@@]1(C)CC(C(=O)c2ccccc2O)[C@@H]1c1ccccc1. The number of hydrogen-bond donors (Lipinski definition) is 1. The van der Waals surface area contributed by atoms with Crippen LogP contribution < -0.4 is 0 Å². The predicted octanol–water partition coefficient (Wildman–Crippen LogP) is 4.96. The summed E-state index contributed by atoms with van der Waals surface area (Å²) in [7, 11) is 0. The molecule has 0 radical (unpaired) electrons. The van der Waals surface area contributed by atoms with Crippen molar-refractivity contribution in [1.82, 2.24) is 0 Å². The fourth-order valence-corrected chi connectivity index (χ4v) is 3.81. The van der Waals surface area contributed by atoms with Crippen molar-refractivity contribution in [2.45, 2.75) is 26.2 Å². The van der Waals surface area contributed by atoms with E-state index in [1.165, 1.54) is 0 Å². The number of aromatic hydroxyl groups is 1. The van der Waals surface area contributed by atoms with Crippen molar-refractivity contribution in [3.05, 3.63) is 77.9 Å². The molecule has 0 heterocycles. The van der Waals surface area contributed by atoms with E-state index in [-0.39, 0.29) is 28.8 Å². The largest absolute Gasteiger partial charge is 0.507 e. The maximum atomic E-state index is 13.0. The molecule has 1 N–H and O–H groups in total. The van der Waals surface area contributed by atoms with Crippen molar-refractivity contribution < 1.29 is 9.90 Å². The molecule has 0 aliphatic heterocycles. The van der Waals surface area contributed by atoms with Gasteiger partial charge < -0.3 is 5.11 Å². The fourth-order valence-electron chi connectivity index (χ4n) is 3.81. The minimum atomic E-state index is -0.118. The number of hydrogen-bond acceptors (Lipinski definition) is 2. The Labute approximate surface area is 137 Å². The van der Waals surface area contributed by atoms with E-state index in [1.54, 1.807) is 24.3 Å². The lowest BCUT2D eigenvalue weighted by Gasteiger charge is -2.54. The van der Waals surface area contributed by atoms with Crippen LogP contribution in [0.2, 0.25) is 0 Å². The smallest absolute Gasteiger partial charge is 0.170 e. The number of carbonyl (C=O) groups is 1. The lowest BCUT2D eigenvalue weighted by Crippen LogP contribution is -2.48. The molecule has 1 fully saturated rings. The van der Waals surface area contributed by atoms with Crippen LogP contribution in [-0.4, -0.2) is 10.9 Å². The first-order valence-corrected chi connectivity index (χ1v) is 7.98. The van der Waals surface area contributed by atoms with Gasteiger partial charge in [-0.25, -0.2) is 0 Å². The van der Waals surface area contributed by atoms with Gasteiger partial charge in [-0.05, 0) is 36.5 Å². The van der Waals surface area contributed by atoms with E-state index in [0.717, 1.165) is 17.6 Å². The topological polar surface area (TPSA) is 37.3 Å². The molecule has 0 aromatic heterocycles. The third kappa shape index (κ3) is 2.48. The molecule has 1 saturated carbocycles. The molecule has 3 rings (SSSR count). The maximum absolute atomic E-state index is 13.0. The van der Waals surface area contributed by atoms with Crippen LogP contribution in [0.3, 0.4) is 0 Å². The number of allylic oxidation sites excluding steroid dienone is 1. The predicted molar refractivity (Wildman–Crippen MR) is 92.6 cm³/mol. The van der Waals surface area contributed by atoms with Gasteiger partial charge in [-0.3, -0.25) is 4.79 Å². The van der Waals surface area contributed by atoms with Gasteiger partial charge in [0.2, 0.25) is 0 Å². The average Bonchev–Trinajstić information content (AvgIpc) is 2.53. The maximum Gasteiger partial charge on any atom is 0.170 e. The zero-order chi connectivity index (χ0) is 16.6. The molecular formula is C21H22O2. The Morgan fingerprint density at radius 3 is 2.35 bits per heavy atom. The first-order valence-electron chi connectivity index (χ1n) is 7.98. The van der Waals surface area contributed by atoms with Crippen molar-refractivity contribution in [2.24, 2.45) is 11.3 Å². The van der Waals surface area contributed by atoms with Crippen LogP contribution in [0.1, 0.15) is 42.1 Å². The van der Waals surface area contributed by atoms with Crippen LogP contribution >= 0.6 is 0 Å². The molecule has 118 valence electrons. The number of phenolic OH excluding ortho intramolecular Hbond substituents is 1. The molecule has 23 heavy (non-hydrogen) atoms. The minimum Gasteiger partial charge on any atom is -0.507 e. The Hall–Kier alpha value is -2.35. The lowest BCUT2D eigenvalue weighted by molar-refractivity contribution is 0.0477. The summed E-state index contributed by atoms with van der Waals surface area (Å²) in [6, 6.07) is 17.0. The van der Waals surface area contributed by atoms with Crippen LogP contribution in [0.25, 0.3) is 0 Å². The van der Waals surface area contributed by atoms with Crippen molar-refractivity contribution in [3.63, 3.8) is 0 Å². The Balaban J connectivity index is 1.99. The van der Waals surface area contributed by atoms with Gasteiger partial charge in [0.15, 0.2) is 5.78 Å². The summed E-state index contributed by atoms with van der Waals surface area (Å²) in [6.07, 6.45) is 0.773. The molecule has 3 atom stereocenters. The Morgan fingerprint density at radius 1 is 1.13 bits per heavy atom. The number of phenols is 1. The van der Waals surface area contributed by atoms with Gasteiger partial charge in [0.1, 0.15) is 5.75 Å². The number of para-hydroxylation sites is 1. The summed E-state index contributed by atoms with van der Waals surface area (Å²) in [6.45, 7) is 8.37. The molecular weight excluding hydrogens is 284 g/mol. The number of benzene rings is 2. The standard InChI is InChI=1S/C21H22O2/c1-14(2)21(3)13-17(19(21)15-9-5-4-6-10-15)20(23)16-11-7-8-12-18(16)22/h4-12,17,19,22H,1,13H2,2-3H3/t17?,19-,21+/m0/s1. The van der Waals surface area contributed by atoms with E-state index >= 15 is 0 Å². The summed E-state index contributed by atoms with van der Waals surface area (Å²) in [5, 5.41) is 10.0. The van der Waals surface area contributed by atoms with Crippen LogP contribution in [0.4, 0.5) is 0 Å². The Kier molecular flexibility index (Phi) is 3.85. The number of carbonyl (C=O) groups excluding carboxylic acids is 1. The fraction of sp³-hybridized carbons (Fsp3) is 0.286. The van der Waals surface area contributed by atoms with Crippen LogP contribution in [0, 0.1) is 11.3 Å². The Morgan fingerprint density at radius 2 is 1.74 bits per heavy atom. The van der Waals surface area contributed by atoms with E-state index in [9.17, 15) is 9.90 Å². The van der Waals surface area contributed by atoms with Crippen molar-refractivity contribution in [2.75, 3.05) is 0 Å². The minimum absolute atomic E-state index is 0.0238. The Bertz CT molecular complexity index is 747. The van der Waals surface area contributed by atoms with Gasteiger partial charge in [-0.2, -0.15) is 0 Å². The number of rotatable bonds is 4.